The molecule has 2 N–H and O–H groups in total. The van der Waals surface area contributed by atoms with E-state index in [0.29, 0.717) is 25.8 Å². The van der Waals surface area contributed by atoms with Crippen LogP contribution in [0.1, 0.15) is 47.7 Å². The number of aryl methyl sites for hydroxylation is 2. The Morgan fingerprint density at radius 3 is 2.73 bits per heavy atom. The van der Waals surface area contributed by atoms with E-state index in [4.69, 9.17) is 5.11 Å². The van der Waals surface area contributed by atoms with Gasteiger partial charge < -0.3 is 10.4 Å². The van der Waals surface area contributed by atoms with E-state index in [-0.39, 0.29) is 17.7 Å². The molecule has 120 valence electrons. The van der Waals surface area contributed by atoms with E-state index in [1.54, 1.807) is 11.3 Å². The van der Waals surface area contributed by atoms with Crippen LogP contribution in [0.15, 0.2) is 0 Å². The smallest absolute Gasteiger partial charge is 0.306 e. The Balaban J connectivity index is 1.44. The van der Waals surface area contributed by atoms with Gasteiger partial charge in [-0.05, 0) is 44.9 Å². The Morgan fingerprint density at radius 1 is 1.23 bits per heavy atom. The lowest BCUT2D eigenvalue weighted by molar-refractivity contribution is -0.141. The molecule has 0 radical (unpaired) electrons. The molecule has 6 heteroatoms. The molecule has 0 aliphatic heterocycles. The largest absolute Gasteiger partial charge is 0.481 e. The minimum absolute atomic E-state index is 0.00469. The van der Waals surface area contributed by atoms with Gasteiger partial charge in [-0.25, -0.2) is 4.98 Å². The predicted molar refractivity (Wildman–Crippen MR) is 83.9 cm³/mol. The number of rotatable bonds is 5. The number of amides is 1. The fraction of sp³-hybridized carbons (Fsp3) is 0.688. The van der Waals surface area contributed by atoms with Crippen LogP contribution in [0.5, 0.6) is 0 Å². The zero-order valence-electron chi connectivity index (χ0n) is 12.6. The number of carbonyl (C=O) groups excluding carboxylic acids is 1. The highest BCUT2D eigenvalue weighted by molar-refractivity contribution is 7.11. The van der Waals surface area contributed by atoms with Crippen molar-refractivity contribution < 1.29 is 14.7 Å². The quantitative estimate of drug-likeness (QED) is 0.871. The monoisotopic (exact) mass is 322 g/mol. The molecule has 22 heavy (non-hydrogen) atoms. The number of hydrogen-bond donors (Lipinski definition) is 2. The highest BCUT2D eigenvalue weighted by Gasteiger charge is 2.33. The van der Waals surface area contributed by atoms with Crippen LogP contribution in [0.3, 0.4) is 0 Å². The van der Waals surface area contributed by atoms with Crippen molar-refractivity contribution in [2.45, 2.75) is 51.4 Å². The van der Waals surface area contributed by atoms with Gasteiger partial charge >= 0.3 is 5.97 Å². The van der Waals surface area contributed by atoms with Crippen molar-refractivity contribution in [1.82, 2.24) is 10.3 Å². The van der Waals surface area contributed by atoms with Crippen LogP contribution in [0.25, 0.3) is 0 Å². The number of fused-ring (bicyclic) bond motifs is 1. The molecule has 3 rings (SSSR count). The first-order valence-corrected chi connectivity index (χ1v) is 8.93. The van der Waals surface area contributed by atoms with E-state index in [0.717, 1.165) is 24.3 Å². The molecular formula is C16H22N2O3S. The maximum Gasteiger partial charge on any atom is 0.306 e. The summed E-state index contributed by atoms with van der Waals surface area (Å²) in [5.41, 5.74) is 1.26. The topological polar surface area (TPSA) is 79.3 Å². The van der Waals surface area contributed by atoms with Crippen molar-refractivity contribution in [2.24, 2.45) is 11.8 Å². The first-order chi connectivity index (χ1) is 10.6. The Hall–Kier alpha value is -1.43. The minimum atomic E-state index is -0.774. The molecule has 2 atom stereocenters. The van der Waals surface area contributed by atoms with E-state index < -0.39 is 5.97 Å². The van der Waals surface area contributed by atoms with E-state index in [1.807, 2.05) is 0 Å². The second-order valence-corrected chi connectivity index (χ2v) is 7.44. The number of hydrogen-bond acceptors (Lipinski definition) is 4. The Bertz CT molecular complexity index is 546. The van der Waals surface area contributed by atoms with Crippen LogP contribution in [0.2, 0.25) is 0 Å². The van der Waals surface area contributed by atoms with Gasteiger partial charge in [0.15, 0.2) is 0 Å². The number of nitrogens with zero attached hydrogens (tertiary/aromatic N) is 1. The number of carbonyl (C=O) groups is 2. The second kappa shape index (κ2) is 6.77. The highest BCUT2D eigenvalue weighted by Crippen LogP contribution is 2.31. The average molecular weight is 322 g/mol. The highest BCUT2D eigenvalue weighted by atomic mass is 32.1. The summed E-state index contributed by atoms with van der Waals surface area (Å²) >= 11 is 1.78. The molecule has 0 aromatic carbocycles. The third kappa shape index (κ3) is 3.48. The van der Waals surface area contributed by atoms with Crippen LogP contribution in [0, 0.1) is 11.8 Å². The minimum Gasteiger partial charge on any atom is -0.481 e. The lowest BCUT2D eigenvalue weighted by atomic mass is 10.0. The molecule has 0 unspecified atom stereocenters. The Morgan fingerprint density at radius 2 is 2.00 bits per heavy atom. The maximum absolute atomic E-state index is 12.1. The summed E-state index contributed by atoms with van der Waals surface area (Å²) in [4.78, 5) is 29.1. The lowest BCUT2D eigenvalue weighted by Crippen LogP contribution is -2.31. The normalized spacial score (nSPS) is 24.0. The number of thiazole rings is 1. The number of nitrogens with one attached hydrogen (secondary N) is 1. The summed E-state index contributed by atoms with van der Waals surface area (Å²) in [7, 11) is 0. The number of carboxylic acid groups (broad SMARTS) is 1. The van der Waals surface area contributed by atoms with Gasteiger partial charge in [0.05, 0.1) is 16.6 Å². The summed E-state index contributed by atoms with van der Waals surface area (Å²) in [5, 5.41) is 13.0. The second-order valence-electron chi connectivity index (χ2n) is 6.27. The van der Waals surface area contributed by atoms with Crippen molar-refractivity contribution in [1.29, 1.82) is 0 Å². The standard InChI is InChI=1S/C16H22N2O3S/c19-15(10-5-6-11(9-10)16(20)21)17-8-7-14-18-12-3-1-2-4-13(12)22-14/h10-11H,1-9H2,(H,17,19)(H,20,21)/t10-,11+/m0/s1. The first kappa shape index (κ1) is 15.5. The van der Waals surface area contributed by atoms with Gasteiger partial charge in [0.2, 0.25) is 5.91 Å². The number of carboxylic acids is 1. The molecule has 1 heterocycles. The van der Waals surface area contributed by atoms with Gasteiger partial charge in [0.25, 0.3) is 0 Å². The fourth-order valence-electron chi connectivity index (χ4n) is 3.39. The third-order valence-corrected chi connectivity index (χ3v) is 5.90. The predicted octanol–water partition coefficient (Wildman–Crippen LogP) is 2.18. The van der Waals surface area contributed by atoms with Crippen molar-refractivity contribution in [3.05, 3.63) is 15.6 Å². The van der Waals surface area contributed by atoms with Crippen LogP contribution in [-0.4, -0.2) is 28.5 Å². The molecule has 1 amide bonds. The molecule has 2 aliphatic rings. The number of aromatic nitrogens is 1. The van der Waals surface area contributed by atoms with Crippen LogP contribution < -0.4 is 5.32 Å². The van der Waals surface area contributed by atoms with Crippen LogP contribution in [0.4, 0.5) is 0 Å². The van der Waals surface area contributed by atoms with Crippen LogP contribution in [-0.2, 0) is 28.9 Å². The zero-order valence-corrected chi connectivity index (χ0v) is 13.5. The van der Waals surface area contributed by atoms with Gasteiger partial charge in [-0.3, -0.25) is 9.59 Å². The summed E-state index contributed by atoms with van der Waals surface area (Å²) in [6.07, 6.45) is 7.30. The van der Waals surface area contributed by atoms with Gasteiger partial charge in [-0.15, -0.1) is 11.3 Å². The molecule has 1 fully saturated rings. The average Bonchev–Trinajstić information content (AvgIpc) is 3.13. The molecule has 2 aliphatic carbocycles. The van der Waals surface area contributed by atoms with Gasteiger partial charge in [0, 0.05) is 23.8 Å². The SMILES string of the molecule is O=C(O)[C@@H]1CC[C@H](C(=O)NCCc2nc3c(s2)CCCC3)C1. The summed E-state index contributed by atoms with van der Waals surface area (Å²) in [6.45, 7) is 0.597. The van der Waals surface area contributed by atoms with Gasteiger partial charge in [-0.1, -0.05) is 0 Å². The fourth-order valence-corrected chi connectivity index (χ4v) is 4.55. The maximum atomic E-state index is 12.1. The Labute approximate surface area is 134 Å². The molecule has 1 aromatic heterocycles. The van der Waals surface area contributed by atoms with E-state index in [9.17, 15) is 9.59 Å². The lowest BCUT2D eigenvalue weighted by Gasteiger charge is -2.10. The van der Waals surface area contributed by atoms with Crippen molar-refractivity contribution >= 4 is 23.2 Å². The van der Waals surface area contributed by atoms with Gasteiger partial charge in [0.1, 0.15) is 0 Å². The molecule has 5 nitrogen and oxygen atoms in total. The molecule has 1 saturated carbocycles. The molecule has 0 spiro atoms. The molecule has 0 saturated heterocycles. The molecular weight excluding hydrogens is 300 g/mol. The summed E-state index contributed by atoms with van der Waals surface area (Å²) in [5.74, 6) is -1.25. The zero-order chi connectivity index (χ0) is 15.5. The van der Waals surface area contributed by atoms with Crippen LogP contribution >= 0.6 is 11.3 Å². The van der Waals surface area contributed by atoms with Gasteiger partial charge in [-0.2, -0.15) is 0 Å². The van der Waals surface area contributed by atoms with E-state index in [2.05, 4.69) is 10.3 Å². The summed E-state index contributed by atoms with van der Waals surface area (Å²) < 4.78 is 0. The molecule has 0 bridgehead atoms. The summed E-state index contributed by atoms with van der Waals surface area (Å²) in [6, 6.07) is 0. The third-order valence-electron chi connectivity index (χ3n) is 4.68. The van der Waals surface area contributed by atoms with Crippen molar-refractivity contribution in [2.75, 3.05) is 6.54 Å². The van der Waals surface area contributed by atoms with Crippen molar-refractivity contribution in [3.63, 3.8) is 0 Å². The van der Waals surface area contributed by atoms with E-state index >= 15 is 0 Å². The van der Waals surface area contributed by atoms with E-state index in [1.165, 1.54) is 23.4 Å². The Kier molecular flexibility index (Phi) is 4.76. The first-order valence-electron chi connectivity index (χ1n) is 8.11. The molecule has 1 aromatic rings. The number of aliphatic carboxylic acids is 1. The van der Waals surface area contributed by atoms with Crippen molar-refractivity contribution in [3.8, 4) is 0 Å².